The summed E-state index contributed by atoms with van der Waals surface area (Å²) in [7, 11) is -1.39. The van der Waals surface area contributed by atoms with Gasteiger partial charge in [-0.25, -0.2) is 0 Å². The van der Waals surface area contributed by atoms with Gasteiger partial charge in [0.1, 0.15) is 0 Å². The number of hydrogen-bond acceptors (Lipinski definition) is 4. The molecule has 6 heteroatoms. The van der Waals surface area contributed by atoms with Gasteiger partial charge in [0.2, 0.25) is 0 Å². The fourth-order valence-electron chi connectivity index (χ4n) is 5.81. The zero-order valence-electron chi connectivity index (χ0n) is 28.6. The summed E-state index contributed by atoms with van der Waals surface area (Å²) in [4.78, 5) is 16.6. The van der Waals surface area contributed by atoms with Gasteiger partial charge in [0, 0.05) is 54.6 Å². The smallest absolute Gasteiger partial charge is 0.162 e. The van der Waals surface area contributed by atoms with Crippen LogP contribution in [0.3, 0.4) is 0 Å². The molecule has 2 aromatic carbocycles. The summed E-state index contributed by atoms with van der Waals surface area (Å²) < 4.78 is 2.89. The normalized spacial score (nSPS) is 12.4. The Hall–Kier alpha value is -2.11. The van der Waals surface area contributed by atoms with Crippen LogP contribution in [0.1, 0.15) is 85.3 Å². The second-order valence-corrected chi connectivity index (χ2v) is 20.1. The first kappa shape index (κ1) is 38.1. The number of aliphatic hydroxyl groups is 1. The molecule has 44 heavy (non-hydrogen) atoms. The van der Waals surface area contributed by atoms with Crippen molar-refractivity contribution in [1.29, 1.82) is 0 Å². The predicted molar refractivity (Wildman–Crippen MR) is 192 cm³/mol. The molecule has 241 valence electrons. The van der Waals surface area contributed by atoms with Gasteiger partial charge < -0.3 is 5.11 Å². The number of carbonyl (C=O) groups excluding carboxylic acids is 1. The molecule has 0 aliphatic heterocycles. The van der Waals surface area contributed by atoms with Crippen LogP contribution in [0.15, 0.2) is 54.4 Å². The number of aryl methyl sites for hydroxylation is 1. The van der Waals surface area contributed by atoms with Crippen LogP contribution in [0, 0.1) is 24.8 Å². The molecule has 3 nitrogen and oxygen atoms in total. The van der Waals surface area contributed by atoms with Crippen molar-refractivity contribution in [2.45, 2.75) is 106 Å². The Morgan fingerprint density at radius 2 is 1.57 bits per heavy atom. The second kappa shape index (κ2) is 15.9. The van der Waals surface area contributed by atoms with Gasteiger partial charge in [-0.3, -0.25) is 9.78 Å². The van der Waals surface area contributed by atoms with Gasteiger partial charge in [-0.15, -0.1) is 29.1 Å². The monoisotopic (exact) mass is 807 g/mol. The van der Waals surface area contributed by atoms with Crippen molar-refractivity contribution < 1.29 is 30.0 Å². The van der Waals surface area contributed by atoms with Gasteiger partial charge in [-0.05, 0) is 59.5 Å². The minimum atomic E-state index is -1.39. The van der Waals surface area contributed by atoms with Gasteiger partial charge in [0.05, 0.1) is 13.8 Å². The number of nitrogens with zero attached hydrogens (tertiary/aromatic N) is 1. The number of ketones is 1. The molecule has 0 bridgehead atoms. The second-order valence-electron chi connectivity index (χ2n) is 13.7. The minimum Gasteiger partial charge on any atom is -0.512 e. The van der Waals surface area contributed by atoms with Crippen LogP contribution >= 0.6 is 11.3 Å². The number of fused-ring (bicyclic) bond motifs is 2. The van der Waals surface area contributed by atoms with Crippen LogP contribution in [-0.4, -0.2) is 23.9 Å². The number of aromatic nitrogens is 1. The number of pyridine rings is 1. The van der Waals surface area contributed by atoms with Gasteiger partial charge in [-0.2, -0.15) is 11.3 Å². The van der Waals surface area contributed by atoms with E-state index in [9.17, 15) is 9.90 Å². The Balaban J connectivity index is 0.000000363. The maximum Gasteiger partial charge on any atom is 0.162 e. The number of benzene rings is 2. The van der Waals surface area contributed by atoms with Crippen molar-refractivity contribution in [3.8, 4) is 11.3 Å². The molecular weight excluding hydrogens is 755 g/mol. The molecule has 4 rings (SSSR count). The van der Waals surface area contributed by atoms with Crippen molar-refractivity contribution in [3.05, 3.63) is 71.6 Å². The summed E-state index contributed by atoms with van der Waals surface area (Å²) in [6.45, 7) is 24.5. The van der Waals surface area contributed by atoms with Crippen LogP contribution in [0.4, 0.5) is 0 Å². The molecule has 1 radical (unpaired) electrons. The van der Waals surface area contributed by atoms with E-state index in [-0.39, 0.29) is 48.9 Å². The van der Waals surface area contributed by atoms with E-state index < -0.39 is 8.07 Å². The van der Waals surface area contributed by atoms with E-state index in [1.165, 1.54) is 38.1 Å². The standard InChI is InChI=1S/C25H28NSSi.C13H24O2.Ir/c1-16-19-12-13-26-22(23(19)27-24(16)28(5,6)7)18-14-17-10-8-9-11-20(17)21(15-18)25(2,3)4;1-5-10(6-2)12(14)9-13(15)11(7-3)8-4;/h8-13,15H,1-7H3;9-11,14H,5-8H2,1-4H3;/q-1;;/b;12-9-;. The topological polar surface area (TPSA) is 50.2 Å². The Morgan fingerprint density at radius 1 is 0.977 bits per heavy atom. The maximum absolute atomic E-state index is 11.7. The fraction of sp³-hybridized carbons (Fsp3) is 0.474. The predicted octanol–water partition coefficient (Wildman–Crippen LogP) is 10.9. The molecule has 0 spiro atoms. The van der Waals surface area contributed by atoms with Gasteiger partial charge in [0.25, 0.3) is 0 Å². The first-order valence-corrected chi connectivity index (χ1v) is 20.3. The molecular formula is C38H52IrNO2SSi-. The summed E-state index contributed by atoms with van der Waals surface area (Å²) >= 11 is 1.95. The third-order valence-corrected chi connectivity index (χ3v) is 13.5. The van der Waals surface area contributed by atoms with Gasteiger partial charge in [-0.1, -0.05) is 97.3 Å². The van der Waals surface area contributed by atoms with Crippen molar-refractivity contribution in [2.75, 3.05) is 0 Å². The fourth-order valence-corrected chi connectivity index (χ4v) is 9.66. The summed E-state index contributed by atoms with van der Waals surface area (Å²) in [5.74, 6) is 0.547. The van der Waals surface area contributed by atoms with Crippen molar-refractivity contribution in [2.24, 2.45) is 11.8 Å². The average Bonchev–Trinajstić information content (AvgIpc) is 3.30. The first-order valence-electron chi connectivity index (χ1n) is 16.0. The van der Waals surface area contributed by atoms with Crippen LogP contribution < -0.4 is 4.50 Å². The molecule has 0 aliphatic carbocycles. The van der Waals surface area contributed by atoms with E-state index in [2.05, 4.69) is 89.8 Å². The van der Waals surface area contributed by atoms with E-state index in [4.69, 9.17) is 4.98 Å². The molecule has 0 aliphatic rings. The van der Waals surface area contributed by atoms with Crippen molar-refractivity contribution in [3.63, 3.8) is 0 Å². The van der Waals surface area contributed by atoms with E-state index >= 15 is 0 Å². The summed E-state index contributed by atoms with van der Waals surface area (Å²) in [5, 5.41) is 13.6. The van der Waals surface area contributed by atoms with E-state index in [0.29, 0.717) is 0 Å². The Labute approximate surface area is 285 Å². The first-order chi connectivity index (χ1) is 20.2. The molecule has 4 aromatic rings. The van der Waals surface area contributed by atoms with Crippen LogP contribution in [0.25, 0.3) is 32.1 Å². The number of carbonyl (C=O) groups is 1. The molecule has 1 N–H and O–H groups in total. The zero-order valence-corrected chi connectivity index (χ0v) is 32.9. The van der Waals surface area contributed by atoms with E-state index in [1.54, 1.807) is 4.50 Å². The number of thiophene rings is 1. The van der Waals surface area contributed by atoms with Gasteiger partial charge >= 0.3 is 0 Å². The molecule has 2 heterocycles. The minimum absolute atomic E-state index is 0. The molecule has 0 fully saturated rings. The Kier molecular flexibility index (Phi) is 13.8. The van der Waals surface area contributed by atoms with Crippen LogP contribution in [0.2, 0.25) is 19.6 Å². The van der Waals surface area contributed by atoms with Crippen molar-refractivity contribution >= 4 is 50.6 Å². The summed E-state index contributed by atoms with van der Waals surface area (Å²) in [5.41, 5.74) is 5.05. The summed E-state index contributed by atoms with van der Waals surface area (Å²) in [6, 6.07) is 16.8. The SMILES string of the molecule is CCC(CC)C(=O)/C=C(\O)C(CC)CC.Cc1c([Si](C)(C)C)sc2c(-c3[c-]c4ccccc4c(C(C)(C)C)c3)nccc12.[Ir]. The maximum atomic E-state index is 11.7. The number of hydrogen-bond donors (Lipinski definition) is 1. The molecule has 0 unspecified atom stereocenters. The Bertz CT molecular complexity index is 1580. The van der Waals surface area contributed by atoms with Crippen LogP contribution in [0.5, 0.6) is 0 Å². The molecule has 0 saturated carbocycles. The van der Waals surface area contributed by atoms with E-state index in [0.717, 1.165) is 36.9 Å². The number of rotatable bonds is 9. The quantitative estimate of drug-likeness (QED) is 0.0793. The Morgan fingerprint density at radius 3 is 2.11 bits per heavy atom. The van der Waals surface area contributed by atoms with Crippen molar-refractivity contribution in [1.82, 2.24) is 4.98 Å². The zero-order chi connectivity index (χ0) is 32.1. The third-order valence-electron chi connectivity index (χ3n) is 8.45. The summed E-state index contributed by atoms with van der Waals surface area (Å²) in [6.07, 6.45) is 6.87. The van der Waals surface area contributed by atoms with Gasteiger partial charge in [0.15, 0.2) is 5.78 Å². The molecule has 0 amide bonds. The number of aliphatic hydroxyl groups excluding tert-OH is 1. The number of allylic oxidation sites excluding steroid dienone is 2. The molecule has 0 saturated heterocycles. The average molecular weight is 807 g/mol. The van der Waals surface area contributed by atoms with Crippen LogP contribution in [-0.2, 0) is 30.3 Å². The molecule has 2 aromatic heterocycles. The third kappa shape index (κ3) is 8.78. The van der Waals surface area contributed by atoms with E-state index in [1.807, 2.05) is 45.2 Å². The molecule has 0 atom stereocenters. The largest absolute Gasteiger partial charge is 0.512 e.